The van der Waals surface area contributed by atoms with Crippen LogP contribution in [0.1, 0.15) is 25.7 Å². The van der Waals surface area contributed by atoms with Crippen LogP contribution < -0.4 is 0 Å². The summed E-state index contributed by atoms with van der Waals surface area (Å²) in [5, 5.41) is 0. The molecule has 11 heavy (non-hydrogen) atoms. The minimum atomic E-state index is -0.146. The highest BCUT2D eigenvalue weighted by Gasteiger charge is 1.97. The molecule has 0 saturated carbocycles. The van der Waals surface area contributed by atoms with Gasteiger partial charge < -0.3 is 9.57 Å². The molecule has 0 N–H and O–H groups in total. The van der Waals surface area contributed by atoms with E-state index in [9.17, 15) is 4.79 Å². The summed E-state index contributed by atoms with van der Waals surface area (Å²) in [4.78, 5) is 14.0. The standard InChI is InChI=1S/C7H13ClNO2/c1-11-7(10)5-3-2-4-6-9-8/h2-6H2,1H3/q-1. The average molecular weight is 179 g/mol. The van der Waals surface area contributed by atoms with Crippen LogP contribution in [0.5, 0.6) is 0 Å². The van der Waals surface area contributed by atoms with Gasteiger partial charge in [0.1, 0.15) is 0 Å². The molecule has 0 aromatic heterocycles. The Bertz CT molecular complexity index is 109. The van der Waals surface area contributed by atoms with Crippen molar-refractivity contribution in [3.8, 4) is 0 Å². The van der Waals surface area contributed by atoms with E-state index in [1.54, 1.807) is 0 Å². The summed E-state index contributed by atoms with van der Waals surface area (Å²) in [6.45, 7) is 0.669. The normalized spacial score (nSPS) is 9.64. The third-order valence-electron chi connectivity index (χ3n) is 1.35. The largest absolute Gasteiger partial charge is 0.575 e. The molecule has 0 aromatic carbocycles. The number of halogens is 1. The van der Waals surface area contributed by atoms with Crippen LogP contribution in [0, 0.1) is 0 Å². The van der Waals surface area contributed by atoms with Crippen LogP contribution in [0.4, 0.5) is 0 Å². The van der Waals surface area contributed by atoms with Crippen LogP contribution in [-0.2, 0) is 9.53 Å². The van der Waals surface area contributed by atoms with Crippen LogP contribution in [-0.4, -0.2) is 19.6 Å². The third kappa shape index (κ3) is 7.62. The Morgan fingerprint density at radius 3 is 2.73 bits per heavy atom. The highest BCUT2D eigenvalue weighted by atomic mass is 35.5. The van der Waals surface area contributed by atoms with E-state index in [1.807, 2.05) is 0 Å². The summed E-state index contributed by atoms with van der Waals surface area (Å²) in [5.41, 5.74) is 0. The van der Waals surface area contributed by atoms with Gasteiger partial charge >= 0.3 is 5.97 Å². The van der Waals surface area contributed by atoms with Crippen LogP contribution >= 0.6 is 11.8 Å². The molecular weight excluding hydrogens is 166 g/mol. The number of ether oxygens (including phenoxy) is 1. The van der Waals surface area contributed by atoms with Gasteiger partial charge in [-0.25, -0.2) is 0 Å². The Kier molecular flexibility index (Phi) is 7.62. The first-order valence-corrected chi connectivity index (χ1v) is 3.99. The van der Waals surface area contributed by atoms with Crippen molar-refractivity contribution >= 4 is 17.7 Å². The molecule has 0 heterocycles. The number of hydrogen-bond donors (Lipinski definition) is 0. The minimum Gasteiger partial charge on any atom is -0.575 e. The maximum absolute atomic E-state index is 10.6. The fourth-order valence-corrected chi connectivity index (χ4v) is 0.839. The first-order valence-electron chi connectivity index (χ1n) is 3.66. The molecule has 0 atom stereocenters. The molecule has 0 aliphatic heterocycles. The van der Waals surface area contributed by atoms with Crippen molar-refractivity contribution < 1.29 is 9.53 Å². The van der Waals surface area contributed by atoms with E-state index in [1.165, 1.54) is 7.11 Å². The number of carbonyl (C=O) groups is 1. The molecular formula is C7H13ClNO2-. The highest BCUT2D eigenvalue weighted by Crippen LogP contribution is 2.03. The molecule has 0 saturated heterocycles. The Balaban J connectivity index is 2.95. The van der Waals surface area contributed by atoms with Gasteiger partial charge in [0, 0.05) is 6.42 Å². The molecule has 0 rings (SSSR count). The van der Waals surface area contributed by atoms with Crippen LogP contribution in [0.3, 0.4) is 0 Å². The number of methoxy groups -OCH3 is 1. The average Bonchev–Trinajstić information content (AvgIpc) is 2.04. The molecule has 0 radical (unpaired) electrons. The van der Waals surface area contributed by atoms with Crippen molar-refractivity contribution in [1.29, 1.82) is 0 Å². The number of esters is 1. The summed E-state index contributed by atoms with van der Waals surface area (Å²) < 4.78 is 4.47. The smallest absolute Gasteiger partial charge is 0.305 e. The van der Waals surface area contributed by atoms with Gasteiger partial charge in [-0.3, -0.25) is 16.6 Å². The fourth-order valence-electron chi connectivity index (χ4n) is 0.720. The molecule has 0 aliphatic carbocycles. The molecule has 0 aromatic rings. The zero-order chi connectivity index (χ0) is 8.53. The van der Waals surface area contributed by atoms with E-state index < -0.39 is 0 Å². The second kappa shape index (κ2) is 7.82. The van der Waals surface area contributed by atoms with Crippen LogP contribution in [0.2, 0.25) is 0 Å². The summed E-state index contributed by atoms with van der Waals surface area (Å²) in [6, 6.07) is 0. The molecule has 0 fully saturated rings. The van der Waals surface area contributed by atoms with E-state index in [-0.39, 0.29) is 5.97 Å². The molecule has 0 spiro atoms. The predicted octanol–water partition coefficient (Wildman–Crippen LogP) is 2.25. The van der Waals surface area contributed by atoms with Gasteiger partial charge in [0.15, 0.2) is 0 Å². The number of unbranched alkanes of at least 4 members (excludes halogenated alkanes) is 2. The van der Waals surface area contributed by atoms with Crippen molar-refractivity contribution in [3.63, 3.8) is 0 Å². The summed E-state index contributed by atoms with van der Waals surface area (Å²) in [6.07, 6.45) is 3.28. The number of nitrogens with zero attached hydrogens (tertiary/aromatic N) is 1. The van der Waals surface area contributed by atoms with E-state index in [0.29, 0.717) is 13.0 Å². The second-order valence-electron chi connectivity index (χ2n) is 2.23. The lowest BCUT2D eigenvalue weighted by molar-refractivity contribution is -0.140. The summed E-state index contributed by atoms with van der Waals surface area (Å²) in [7, 11) is 1.40. The zero-order valence-electron chi connectivity index (χ0n) is 6.68. The van der Waals surface area contributed by atoms with E-state index in [0.717, 1.165) is 19.3 Å². The van der Waals surface area contributed by atoms with Crippen molar-refractivity contribution in [2.75, 3.05) is 13.7 Å². The molecule has 66 valence electrons. The van der Waals surface area contributed by atoms with E-state index in [2.05, 4.69) is 9.57 Å². The maximum Gasteiger partial charge on any atom is 0.305 e. The van der Waals surface area contributed by atoms with Gasteiger partial charge in [-0.05, 0) is 6.42 Å². The van der Waals surface area contributed by atoms with Crippen molar-refractivity contribution in [2.24, 2.45) is 0 Å². The zero-order valence-corrected chi connectivity index (χ0v) is 7.43. The van der Waals surface area contributed by atoms with Gasteiger partial charge in [-0.1, -0.05) is 12.8 Å². The third-order valence-corrected chi connectivity index (χ3v) is 1.52. The minimum absolute atomic E-state index is 0.146. The Morgan fingerprint density at radius 1 is 1.45 bits per heavy atom. The van der Waals surface area contributed by atoms with Gasteiger partial charge in [-0.2, -0.15) is 0 Å². The Labute approximate surface area is 72.2 Å². The molecule has 0 amide bonds. The van der Waals surface area contributed by atoms with Crippen LogP contribution in [0.15, 0.2) is 0 Å². The molecule has 0 unspecified atom stereocenters. The Hall–Kier alpha value is -0.280. The summed E-state index contributed by atoms with van der Waals surface area (Å²) in [5.74, 6) is -0.146. The second-order valence-corrected chi connectivity index (χ2v) is 2.47. The van der Waals surface area contributed by atoms with Gasteiger partial charge in [0.2, 0.25) is 0 Å². The van der Waals surface area contributed by atoms with Gasteiger partial charge in [0.25, 0.3) is 0 Å². The molecule has 0 bridgehead atoms. The predicted molar refractivity (Wildman–Crippen MR) is 44.6 cm³/mol. The monoisotopic (exact) mass is 178 g/mol. The van der Waals surface area contributed by atoms with Crippen molar-refractivity contribution in [1.82, 2.24) is 0 Å². The van der Waals surface area contributed by atoms with Crippen LogP contribution in [0.25, 0.3) is 4.84 Å². The fraction of sp³-hybridized carbons (Fsp3) is 0.857. The molecule has 0 aliphatic rings. The first-order chi connectivity index (χ1) is 5.31. The summed E-state index contributed by atoms with van der Waals surface area (Å²) >= 11 is 5.10. The lowest BCUT2D eigenvalue weighted by Gasteiger charge is -2.07. The van der Waals surface area contributed by atoms with Gasteiger partial charge in [-0.15, -0.1) is 6.54 Å². The highest BCUT2D eigenvalue weighted by molar-refractivity contribution is 6.24. The van der Waals surface area contributed by atoms with Crippen molar-refractivity contribution in [3.05, 3.63) is 4.84 Å². The molecule has 3 nitrogen and oxygen atoms in total. The van der Waals surface area contributed by atoms with E-state index in [4.69, 9.17) is 11.8 Å². The van der Waals surface area contributed by atoms with Gasteiger partial charge in [0.05, 0.1) is 7.11 Å². The number of rotatable bonds is 6. The quantitative estimate of drug-likeness (QED) is 0.462. The lowest BCUT2D eigenvalue weighted by Crippen LogP contribution is -1.99. The maximum atomic E-state index is 10.6. The molecule has 4 heteroatoms. The first kappa shape index (κ1) is 10.7. The van der Waals surface area contributed by atoms with Crippen molar-refractivity contribution in [2.45, 2.75) is 25.7 Å². The number of hydrogen-bond acceptors (Lipinski definition) is 2. The SMILES string of the molecule is COC(=O)CCCCC[N-]Cl. The Morgan fingerprint density at radius 2 is 2.18 bits per heavy atom. The number of carbonyl (C=O) groups excluding carboxylic acids is 1. The lowest BCUT2D eigenvalue weighted by atomic mass is 10.2. The van der Waals surface area contributed by atoms with E-state index >= 15 is 0 Å². The topological polar surface area (TPSA) is 40.4 Å².